The third-order valence-electron chi connectivity index (χ3n) is 3.13. The third kappa shape index (κ3) is 4.18. The molecule has 0 aromatic rings. The maximum Gasteiger partial charge on any atom is 0.407 e. The van der Waals surface area contributed by atoms with Crippen molar-refractivity contribution in [3.8, 4) is 0 Å². The standard InChI is InChI=1S/C11H20N2O3/c1-13(11(15)16)7-9(12)6-8-2-4-10(14)5-3-8/h8-9H,2-7,12H2,1H3,(H,15,16). The predicted octanol–water partition coefficient (Wildman–Crippen LogP) is 1.07. The summed E-state index contributed by atoms with van der Waals surface area (Å²) in [7, 11) is 1.52. The first-order valence-electron chi connectivity index (χ1n) is 5.70. The Morgan fingerprint density at radius 1 is 1.56 bits per heavy atom. The molecular weight excluding hydrogens is 208 g/mol. The van der Waals surface area contributed by atoms with Gasteiger partial charge >= 0.3 is 6.09 Å². The highest BCUT2D eigenvalue weighted by Gasteiger charge is 2.21. The maximum atomic E-state index is 11.0. The van der Waals surface area contributed by atoms with Gasteiger partial charge in [0.05, 0.1) is 0 Å². The summed E-state index contributed by atoms with van der Waals surface area (Å²) in [6, 6.07) is -0.126. The number of nitrogens with two attached hydrogens (primary N) is 1. The lowest BCUT2D eigenvalue weighted by molar-refractivity contribution is -0.121. The zero-order valence-electron chi connectivity index (χ0n) is 9.69. The van der Waals surface area contributed by atoms with E-state index in [4.69, 9.17) is 10.8 Å². The lowest BCUT2D eigenvalue weighted by Gasteiger charge is -2.25. The Kier molecular flexibility index (Phi) is 4.73. The first-order chi connectivity index (χ1) is 7.49. The highest BCUT2D eigenvalue weighted by molar-refractivity contribution is 5.79. The van der Waals surface area contributed by atoms with E-state index in [2.05, 4.69) is 0 Å². The van der Waals surface area contributed by atoms with Crippen molar-refractivity contribution in [3.05, 3.63) is 0 Å². The average Bonchev–Trinajstić information content (AvgIpc) is 2.21. The van der Waals surface area contributed by atoms with Crippen LogP contribution in [0, 0.1) is 5.92 Å². The van der Waals surface area contributed by atoms with Crippen LogP contribution in [0.15, 0.2) is 0 Å². The number of carboxylic acid groups (broad SMARTS) is 1. The van der Waals surface area contributed by atoms with Crippen molar-refractivity contribution >= 4 is 11.9 Å². The SMILES string of the molecule is CN(CC(N)CC1CCC(=O)CC1)C(=O)O. The minimum atomic E-state index is -0.950. The largest absolute Gasteiger partial charge is 0.465 e. The van der Waals surface area contributed by atoms with Crippen molar-refractivity contribution in [2.45, 2.75) is 38.1 Å². The number of carbonyl (C=O) groups is 2. The second-order valence-corrected chi connectivity index (χ2v) is 4.64. The summed E-state index contributed by atoms with van der Waals surface area (Å²) >= 11 is 0. The summed E-state index contributed by atoms with van der Waals surface area (Å²) in [4.78, 5) is 22.8. The summed E-state index contributed by atoms with van der Waals surface area (Å²) in [5.41, 5.74) is 5.89. The van der Waals surface area contributed by atoms with Crippen LogP contribution in [-0.4, -0.2) is 41.5 Å². The number of ketones is 1. The Morgan fingerprint density at radius 3 is 2.62 bits per heavy atom. The van der Waals surface area contributed by atoms with E-state index in [9.17, 15) is 9.59 Å². The second kappa shape index (κ2) is 5.84. The van der Waals surface area contributed by atoms with Crippen LogP contribution in [0.3, 0.4) is 0 Å². The van der Waals surface area contributed by atoms with Crippen molar-refractivity contribution < 1.29 is 14.7 Å². The molecule has 16 heavy (non-hydrogen) atoms. The minimum absolute atomic E-state index is 0.126. The Morgan fingerprint density at radius 2 is 2.12 bits per heavy atom. The molecule has 1 rings (SSSR count). The van der Waals surface area contributed by atoms with Crippen molar-refractivity contribution in [1.29, 1.82) is 0 Å². The van der Waals surface area contributed by atoms with Crippen LogP contribution in [0.1, 0.15) is 32.1 Å². The van der Waals surface area contributed by atoms with E-state index in [1.54, 1.807) is 0 Å². The number of rotatable bonds is 4. The molecule has 0 aromatic carbocycles. The van der Waals surface area contributed by atoms with Crippen LogP contribution in [0.2, 0.25) is 0 Å². The Balaban J connectivity index is 2.26. The van der Waals surface area contributed by atoms with Crippen LogP contribution >= 0.6 is 0 Å². The fourth-order valence-electron chi connectivity index (χ4n) is 2.17. The van der Waals surface area contributed by atoms with Crippen molar-refractivity contribution in [3.63, 3.8) is 0 Å². The van der Waals surface area contributed by atoms with Gasteiger partial charge in [-0.05, 0) is 25.2 Å². The molecular formula is C11H20N2O3. The molecule has 5 heteroatoms. The fraction of sp³-hybridized carbons (Fsp3) is 0.818. The summed E-state index contributed by atoms with van der Waals surface area (Å²) in [6.07, 6.45) is 2.99. The van der Waals surface area contributed by atoms with E-state index < -0.39 is 6.09 Å². The number of likely N-dealkylation sites (N-methyl/N-ethyl adjacent to an activating group) is 1. The van der Waals surface area contributed by atoms with Crippen LogP contribution in [0.4, 0.5) is 4.79 Å². The molecule has 1 fully saturated rings. The maximum absolute atomic E-state index is 11.0. The molecule has 0 aliphatic heterocycles. The Hall–Kier alpha value is -1.10. The van der Waals surface area contributed by atoms with Gasteiger partial charge in [0.1, 0.15) is 5.78 Å². The zero-order valence-corrected chi connectivity index (χ0v) is 9.69. The van der Waals surface area contributed by atoms with E-state index in [-0.39, 0.29) is 6.04 Å². The molecule has 1 saturated carbocycles. The van der Waals surface area contributed by atoms with E-state index >= 15 is 0 Å². The normalized spacial score (nSPS) is 19.5. The molecule has 0 spiro atoms. The molecule has 1 aliphatic carbocycles. The van der Waals surface area contributed by atoms with Gasteiger partial charge in [0, 0.05) is 32.5 Å². The van der Waals surface area contributed by atoms with Gasteiger partial charge in [0.15, 0.2) is 0 Å². The topological polar surface area (TPSA) is 83.6 Å². The van der Waals surface area contributed by atoms with Crippen LogP contribution < -0.4 is 5.73 Å². The van der Waals surface area contributed by atoms with Gasteiger partial charge in [0.25, 0.3) is 0 Å². The predicted molar refractivity (Wildman–Crippen MR) is 60.2 cm³/mol. The minimum Gasteiger partial charge on any atom is -0.465 e. The number of hydrogen-bond acceptors (Lipinski definition) is 3. The molecule has 0 bridgehead atoms. The van der Waals surface area contributed by atoms with E-state index in [1.165, 1.54) is 11.9 Å². The van der Waals surface area contributed by atoms with Crippen molar-refractivity contribution in [1.82, 2.24) is 4.90 Å². The van der Waals surface area contributed by atoms with Crippen molar-refractivity contribution in [2.24, 2.45) is 11.7 Å². The molecule has 1 unspecified atom stereocenters. The van der Waals surface area contributed by atoms with E-state index in [0.717, 1.165) is 19.3 Å². The lowest BCUT2D eigenvalue weighted by atomic mass is 9.84. The second-order valence-electron chi connectivity index (χ2n) is 4.64. The molecule has 3 N–H and O–H groups in total. The number of amides is 1. The highest BCUT2D eigenvalue weighted by Crippen LogP contribution is 2.25. The van der Waals surface area contributed by atoms with Gasteiger partial charge < -0.3 is 15.7 Å². The summed E-state index contributed by atoms with van der Waals surface area (Å²) in [6.45, 7) is 0.361. The van der Waals surface area contributed by atoms with Crippen LogP contribution in [-0.2, 0) is 4.79 Å². The summed E-state index contributed by atoms with van der Waals surface area (Å²) in [5.74, 6) is 0.822. The molecule has 1 aliphatic rings. The molecule has 0 aromatic heterocycles. The van der Waals surface area contributed by atoms with Gasteiger partial charge in [-0.3, -0.25) is 4.79 Å². The monoisotopic (exact) mass is 228 g/mol. The smallest absolute Gasteiger partial charge is 0.407 e. The molecule has 1 amide bonds. The van der Waals surface area contributed by atoms with E-state index in [0.29, 0.717) is 31.1 Å². The van der Waals surface area contributed by atoms with Gasteiger partial charge in [0.2, 0.25) is 0 Å². The Bertz CT molecular complexity index is 258. The van der Waals surface area contributed by atoms with Gasteiger partial charge in [-0.1, -0.05) is 0 Å². The van der Waals surface area contributed by atoms with E-state index in [1.807, 2.05) is 0 Å². The first kappa shape index (κ1) is 13.0. The number of hydrogen-bond donors (Lipinski definition) is 2. The highest BCUT2D eigenvalue weighted by atomic mass is 16.4. The van der Waals surface area contributed by atoms with Crippen LogP contribution in [0.5, 0.6) is 0 Å². The molecule has 0 saturated heterocycles. The lowest BCUT2D eigenvalue weighted by Crippen LogP contribution is -2.39. The van der Waals surface area contributed by atoms with Gasteiger partial charge in [-0.25, -0.2) is 4.79 Å². The third-order valence-corrected chi connectivity index (χ3v) is 3.13. The molecule has 0 heterocycles. The molecule has 92 valence electrons. The average molecular weight is 228 g/mol. The summed E-state index contributed by atoms with van der Waals surface area (Å²) < 4.78 is 0. The van der Waals surface area contributed by atoms with Gasteiger partial charge in [-0.2, -0.15) is 0 Å². The quantitative estimate of drug-likeness (QED) is 0.754. The molecule has 1 atom stereocenters. The number of carbonyl (C=O) groups excluding carboxylic acids is 1. The number of Topliss-reactive ketones (excluding diaryl/α,β-unsaturated/α-hetero) is 1. The fourth-order valence-corrected chi connectivity index (χ4v) is 2.17. The van der Waals surface area contributed by atoms with Crippen molar-refractivity contribution in [2.75, 3.05) is 13.6 Å². The molecule has 5 nitrogen and oxygen atoms in total. The van der Waals surface area contributed by atoms with Gasteiger partial charge in [-0.15, -0.1) is 0 Å². The Labute approximate surface area is 95.6 Å². The number of nitrogens with zero attached hydrogens (tertiary/aromatic N) is 1. The van der Waals surface area contributed by atoms with Crippen LogP contribution in [0.25, 0.3) is 0 Å². The zero-order chi connectivity index (χ0) is 12.1. The first-order valence-corrected chi connectivity index (χ1v) is 5.70. The molecule has 0 radical (unpaired) electrons. The summed E-state index contributed by atoms with van der Waals surface area (Å²) in [5, 5.41) is 8.70.